The number of halogens is 1. The normalized spacial score (nSPS) is 13.1. The average molecular weight is 143 g/mol. The van der Waals surface area contributed by atoms with E-state index >= 15 is 0 Å². The number of benzene rings is 1. The van der Waals surface area contributed by atoms with Crippen molar-refractivity contribution in [3.8, 4) is 0 Å². The largest absolute Gasteiger partial charge is 0.0861 e. The van der Waals surface area contributed by atoms with Crippen molar-refractivity contribution in [2.75, 3.05) is 0 Å². The summed E-state index contributed by atoms with van der Waals surface area (Å²) in [6.45, 7) is 0. The minimum absolute atomic E-state index is 0.896. The summed E-state index contributed by atoms with van der Waals surface area (Å²) in [7, 11) is 0. The first-order chi connectivity index (χ1) is 3.88. The standard InChI is InChI=1S/C6H3ClS/c7-4-2-1-3-5-6(4)8-5/h1-3H. The Morgan fingerprint density at radius 1 is 1.38 bits per heavy atom. The van der Waals surface area contributed by atoms with Gasteiger partial charge in [-0.05, 0) is 12.1 Å². The maximum Gasteiger partial charge on any atom is 0.0556 e. The summed E-state index contributed by atoms with van der Waals surface area (Å²) in [4.78, 5) is 2.59. The lowest BCUT2D eigenvalue weighted by atomic mass is 10.4. The van der Waals surface area contributed by atoms with Crippen LogP contribution in [0.5, 0.6) is 0 Å². The highest BCUT2D eigenvalue weighted by atomic mass is 35.5. The van der Waals surface area contributed by atoms with Gasteiger partial charge in [0, 0.05) is 9.79 Å². The number of rotatable bonds is 0. The van der Waals surface area contributed by atoms with Crippen molar-refractivity contribution >= 4 is 23.4 Å². The van der Waals surface area contributed by atoms with Crippen LogP contribution in [0.3, 0.4) is 0 Å². The molecule has 0 fully saturated rings. The van der Waals surface area contributed by atoms with Crippen LogP contribution in [-0.4, -0.2) is 0 Å². The third kappa shape index (κ3) is 0.550. The van der Waals surface area contributed by atoms with Crippen LogP contribution in [0.25, 0.3) is 0 Å². The first kappa shape index (κ1) is 4.71. The van der Waals surface area contributed by atoms with Gasteiger partial charge in [0.1, 0.15) is 0 Å². The second-order valence-electron chi connectivity index (χ2n) is 1.67. The topological polar surface area (TPSA) is 0 Å². The van der Waals surface area contributed by atoms with Gasteiger partial charge in [-0.1, -0.05) is 29.4 Å². The van der Waals surface area contributed by atoms with Crippen LogP contribution in [-0.2, 0) is 0 Å². The van der Waals surface area contributed by atoms with Gasteiger partial charge in [0.05, 0.1) is 5.02 Å². The quantitative estimate of drug-likeness (QED) is 0.510. The molecule has 1 heterocycles. The van der Waals surface area contributed by atoms with Gasteiger partial charge < -0.3 is 0 Å². The van der Waals surface area contributed by atoms with Crippen LogP contribution >= 0.6 is 23.4 Å². The summed E-state index contributed by atoms with van der Waals surface area (Å²) >= 11 is 7.49. The molecule has 0 bridgehead atoms. The first-order valence-corrected chi connectivity index (χ1v) is 3.54. The molecule has 0 aromatic heterocycles. The van der Waals surface area contributed by atoms with Gasteiger partial charge in [0.15, 0.2) is 0 Å². The minimum Gasteiger partial charge on any atom is -0.0861 e. The monoisotopic (exact) mass is 142 g/mol. The van der Waals surface area contributed by atoms with E-state index in [1.807, 2.05) is 12.1 Å². The number of hydrogen-bond donors (Lipinski definition) is 0. The Morgan fingerprint density at radius 3 is 2.88 bits per heavy atom. The Hall–Kier alpha value is -0.140. The molecule has 2 heteroatoms. The molecule has 0 saturated heterocycles. The third-order valence-electron chi connectivity index (χ3n) is 1.10. The Kier molecular flexibility index (Phi) is 0.839. The van der Waals surface area contributed by atoms with Crippen molar-refractivity contribution in [1.82, 2.24) is 0 Å². The van der Waals surface area contributed by atoms with E-state index in [1.54, 1.807) is 11.8 Å². The summed E-state index contributed by atoms with van der Waals surface area (Å²) in [6.07, 6.45) is 0. The second kappa shape index (κ2) is 1.42. The predicted octanol–water partition coefficient (Wildman–Crippen LogP) is 2.80. The van der Waals surface area contributed by atoms with E-state index in [9.17, 15) is 0 Å². The van der Waals surface area contributed by atoms with E-state index in [2.05, 4.69) is 6.07 Å². The summed E-state index contributed by atoms with van der Waals surface area (Å²) in [5, 5.41) is 0.896. The van der Waals surface area contributed by atoms with Gasteiger partial charge in [0.25, 0.3) is 0 Å². The first-order valence-electron chi connectivity index (χ1n) is 2.34. The summed E-state index contributed by atoms with van der Waals surface area (Å²) in [6, 6.07) is 5.97. The molecule has 1 aromatic carbocycles. The van der Waals surface area contributed by atoms with Crippen molar-refractivity contribution in [1.29, 1.82) is 0 Å². The Labute approximate surface area is 56.9 Å². The molecule has 1 aromatic rings. The molecule has 0 atom stereocenters. The molecule has 1 aliphatic rings. The minimum atomic E-state index is 0.896. The fourth-order valence-corrected chi connectivity index (χ4v) is 1.66. The van der Waals surface area contributed by atoms with Gasteiger partial charge in [-0.25, -0.2) is 0 Å². The molecule has 1 aliphatic heterocycles. The molecule has 0 saturated carbocycles. The fraction of sp³-hybridized carbons (Fsp3) is 0. The lowest BCUT2D eigenvalue weighted by Crippen LogP contribution is -1.54. The molecule has 0 N–H and O–H groups in total. The Balaban J connectivity index is 2.70. The second-order valence-corrected chi connectivity index (χ2v) is 3.13. The molecule has 0 amide bonds. The maximum absolute atomic E-state index is 5.74. The molecule has 0 unspecified atom stereocenters. The van der Waals surface area contributed by atoms with Crippen LogP contribution in [0.15, 0.2) is 28.0 Å². The van der Waals surface area contributed by atoms with E-state index in [4.69, 9.17) is 11.6 Å². The van der Waals surface area contributed by atoms with Gasteiger partial charge >= 0.3 is 0 Å². The van der Waals surface area contributed by atoms with E-state index in [1.165, 1.54) is 9.79 Å². The molecule has 40 valence electrons. The third-order valence-corrected chi connectivity index (χ3v) is 2.53. The van der Waals surface area contributed by atoms with Crippen molar-refractivity contribution in [3.05, 3.63) is 23.2 Å². The van der Waals surface area contributed by atoms with Gasteiger partial charge in [-0.15, -0.1) is 0 Å². The van der Waals surface area contributed by atoms with Crippen molar-refractivity contribution in [3.63, 3.8) is 0 Å². The maximum atomic E-state index is 5.74. The highest BCUT2D eigenvalue weighted by molar-refractivity contribution is 8.05. The predicted molar refractivity (Wildman–Crippen MR) is 35.6 cm³/mol. The van der Waals surface area contributed by atoms with E-state index in [-0.39, 0.29) is 0 Å². The molecular weight excluding hydrogens is 140 g/mol. The van der Waals surface area contributed by atoms with Crippen LogP contribution in [0.2, 0.25) is 5.02 Å². The Morgan fingerprint density at radius 2 is 2.25 bits per heavy atom. The van der Waals surface area contributed by atoms with Gasteiger partial charge in [0.2, 0.25) is 0 Å². The summed E-state index contributed by atoms with van der Waals surface area (Å²) in [5.41, 5.74) is 0. The summed E-state index contributed by atoms with van der Waals surface area (Å²) < 4.78 is 0. The number of hydrogen-bond acceptors (Lipinski definition) is 1. The molecular formula is C6H3ClS. The van der Waals surface area contributed by atoms with E-state index < -0.39 is 0 Å². The van der Waals surface area contributed by atoms with E-state index in [0.717, 1.165) is 5.02 Å². The molecule has 0 nitrogen and oxygen atoms in total. The average Bonchev–Trinajstić information content (AvgIpc) is 2.45. The lowest BCUT2D eigenvalue weighted by molar-refractivity contribution is 1.38. The van der Waals surface area contributed by atoms with Crippen LogP contribution in [0.4, 0.5) is 0 Å². The fourth-order valence-electron chi connectivity index (χ4n) is 0.656. The van der Waals surface area contributed by atoms with Crippen LogP contribution < -0.4 is 0 Å². The molecule has 0 aliphatic carbocycles. The molecule has 2 rings (SSSR count). The zero-order valence-electron chi connectivity index (χ0n) is 4.02. The van der Waals surface area contributed by atoms with Crippen molar-refractivity contribution in [2.45, 2.75) is 9.79 Å². The smallest absolute Gasteiger partial charge is 0.0556 e. The summed E-state index contributed by atoms with van der Waals surface area (Å²) in [5.74, 6) is 0. The van der Waals surface area contributed by atoms with Crippen molar-refractivity contribution < 1.29 is 0 Å². The molecule has 0 spiro atoms. The lowest BCUT2D eigenvalue weighted by Gasteiger charge is -1.77. The van der Waals surface area contributed by atoms with Gasteiger partial charge in [-0.2, -0.15) is 0 Å². The highest BCUT2D eigenvalue weighted by Crippen LogP contribution is 2.51. The van der Waals surface area contributed by atoms with Gasteiger partial charge in [-0.3, -0.25) is 0 Å². The zero-order chi connectivity index (χ0) is 5.56. The van der Waals surface area contributed by atoms with E-state index in [0.29, 0.717) is 0 Å². The number of fused-ring (bicyclic) bond motifs is 1. The molecule has 8 heavy (non-hydrogen) atoms. The van der Waals surface area contributed by atoms with Crippen molar-refractivity contribution in [2.24, 2.45) is 0 Å². The zero-order valence-corrected chi connectivity index (χ0v) is 5.59. The molecule has 0 radical (unpaired) electrons. The van der Waals surface area contributed by atoms with Crippen LogP contribution in [0.1, 0.15) is 0 Å². The highest BCUT2D eigenvalue weighted by Gasteiger charge is 2.19. The Bertz CT molecular complexity index is 232. The SMILES string of the molecule is Clc1cccc2c1S2. The van der Waals surface area contributed by atoms with Crippen LogP contribution in [0, 0.1) is 0 Å².